The number of nitrogens with two attached hydrogens (primary N) is 2. The molecule has 0 fully saturated rings. The van der Waals surface area contributed by atoms with Crippen LogP contribution in [0.25, 0.3) is 0 Å². The smallest absolute Gasteiger partial charge is 0.239 e. The first-order valence-corrected chi connectivity index (χ1v) is 5.72. The fourth-order valence-corrected chi connectivity index (χ4v) is 1.39. The van der Waals surface area contributed by atoms with Crippen LogP contribution in [0.3, 0.4) is 0 Å². The molecule has 4 N–H and O–H groups in total. The van der Waals surface area contributed by atoms with Gasteiger partial charge in [-0.3, -0.25) is 4.79 Å². The van der Waals surface area contributed by atoms with Gasteiger partial charge in [0.25, 0.3) is 0 Å². The molecule has 0 aliphatic heterocycles. The molecule has 0 bridgehead atoms. The Bertz CT molecular complexity index is 243. The molecular weight excluding hydrogens is 202 g/mol. The van der Waals surface area contributed by atoms with E-state index < -0.39 is 6.04 Å². The predicted octanol–water partition coefficient (Wildman–Crippen LogP) is 0.803. The maximum absolute atomic E-state index is 12.0. The summed E-state index contributed by atoms with van der Waals surface area (Å²) in [5.41, 5.74) is 11.3. The van der Waals surface area contributed by atoms with E-state index in [9.17, 15) is 4.79 Å². The van der Waals surface area contributed by atoms with Gasteiger partial charge in [-0.05, 0) is 17.4 Å². The molecule has 1 amide bonds. The predicted molar refractivity (Wildman–Crippen MR) is 67.9 cm³/mol. The van der Waals surface area contributed by atoms with Crippen LogP contribution >= 0.6 is 0 Å². The van der Waals surface area contributed by atoms with Gasteiger partial charge in [0.15, 0.2) is 0 Å². The molecule has 0 saturated heterocycles. The number of nitrogens with zero attached hydrogens (tertiary/aromatic N) is 1. The number of carbonyl (C=O) groups excluding carboxylic acids is 1. The van der Waals surface area contributed by atoms with Crippen molar-refractivity contribution in [2.45, 2.75) is 40.7 Å². The summed E-state index contributed by atoms with van der Waals surface area (Å²) >= 11 is 0. The molecule has 0 aliphatic carbocycles. The molecule has 0 radical (unpaired) electrons. The molecule has 0 heterocycles. The van der Waals surface area contributed by atoms with Crippen LogP contribution < -0.4 is 11.5 Å². The summed E-state index contributed by atoms with van der Waals surface area (Å²) < 4.78 is 0. The molecule has 4 heteroatoms. The van der Waals surface area contributed by atoms with Crippen LogP contribution in [0.1, 0.15) is 34.6 Å². The van der Waals surface area contributed by atoms with Crippen molar-refractivity contribution < 1.29 is 4.79 Å². The van der Waals surface area contributed by atoms with E-state index >= 15 is 0 Å². The summed E-state index contributed by atoms with van der Waals surface area (Å²) in [6.07, 6.45) is 0. The lowest BCUT2D eigenvalue weighted by atomic mass is 9.86. The van der Waals surface area contributed by atoms with Crippen molar-refractivity contribution in [3.63, 3.8) is 0 Å². The van der Waals surface area contributed by atoms with E-state index in [0.717, 1.165) is 0 Å². The van der Waals surface area contributed by atoms with E-state index in [4.69, 9.17) is 11.5 Å². The molecule has 0 rings (SSSR count). The van der Waals surface area contributed by atoms with Crippen molar-refractivity contribution in [2.75, 3.05) is 20.1 Å². The van der Waals surface area contributed by atoms with Crippen LogP contribution in [0.2, 0.25) is 0 Å². The van der Waals surface area contributed by atoms with E-state index in [1.165, 1.54) is 0 Å². The number of likely N-dealkylation sites (N-methyl/N-ethyl adjacent to an activating group) is 1. The van der Waals surface area contributed by atoms with E-state index in [0.29, 0.717) is 13.1 Å². The zero-order chi connectivity index (χ0) is 13.1. The summed E-state index contributed by atoms with van der Waals surface area (Å²) in [7, 11) is 1.78. The van der Waals surface area contributed by atoms with Crippen LogP contribution in [0.5, 0.6) is 0 Å². The van der Waals surface area contributed by atoms with Gasteiger partial charge in [-0.1, -0.05) is 34.6 Å². The van der Waals surface area contributed by atoms with Crippen LogP contribution in [0, 0.1) is 10.8 Å². The van der Waals surface area contributed by atoms with Crippen molar-refractivity contribution in [2.24, 2.45) is 22.3 Å². The first kappa shape index (κ1) is 15.4. The van der Waals surface area contributed by atoms with Crippen LogP contribution in [-0.4, -0.2) is 37.0 Å². The van der Waals surface area contributed by atoms with Crippen molar-refractivity contribution >= 4 is 5.91 Å². The average molecular weight is 229 g/mol. The molecule has 1 atom stereocenters. The second kappa shape index (κ2) is 5.15. The number of hydrogen-bond donors (Lipinski definition) is 2. The topological polar surface area (TPSA) is 72.3 Å². The Morgan fingerprint density at radius 3 is 2.00 bits per heavy atom. The zero-order valence-electron chi connectivity index (χ0n) is 11.5. The molecule has 96 valence electrons. The number of amides is 1. The second-order valence-electron chi connectivity index (χ2n) is 6.41. The molecule has 0 aliphatic rings. The van der Waals surface area contributed by atoms with Crippen LogP contribution in [-0.2, 0) is 4.79 Å². The highest BCUT2D eigenvalue weighted by Crippen LogP contribution is 2.20. The van der Waals surface area contributed by atoms with Gasteiger partial charge < -0.3 is 16.4 Å². The highest BCUT2D eigenvalue weighted by molar-refractivity contribution is 5.82. The lowest BCUT2D eigenvalue weighted by Crippen LogP contribution is -2.51. The number of rotatable bonds is 4. The fraction of sp³-hybridized carbons (Fsp3) is 0.917. The molecule has 16 heavy (non-hydrogen) atoms. The third-order valence-corrected chi connectivity index (χ3v) is 2.79. The molecular formula is C12H27N3O. The molecule has 0 aromatic carbocycles. The van der Waals surface area contributed by atoms with Crippen LogP contribution in [0.15, 0.2) is 0 Å². The van der Waals surface area contributed by atoms with Gasteiger partial charge in [0, 0.05) is 13.6 Å². The summed E-state index contributed by atoms with van der Waals surface area (Å²) in [6, 6.07) is -0.467. The Morgan fingerprint density at radius 1 is 1.25 bits per heavy atom. The minimum absolute atomic E-state index is 0.0194. The first-order valence-electron chi connectivity index (χ1n) is 5.72. The van der Waals surface area contributed by atoms with E-state index in [2.05, 4.69) is 0 Å². The van der Waals surface area contributed by atoms with Crippen molar-refractivity contribution in [1.29, 1.82) is 0 Å². The maximum atomic E-state index is 12.0. The first-order chi connectivity index (χ1) is 7.01. The van der Waals surface area contributed by atoms with Crippen molar-refractivity contribution in [1.82, 2.24) is 4.90 Å². The summed E-state index contributed by atoms with van der Waals surface area (Å²) in [5.74, 6) is -0.0194. The quantitative estimate of drug-likeness (QED) is 0.749. The number of hydrogen-bond acceptors (Lipinski definition) is 3. The van der Waals surface area contributed by atoms with Gasteiger partial charge in [-0.25, -0.2) is 0 Å². The Morgan fingerprint density at radius 2 is 1.69 bits per heavy atom. The molecule has 0 spiro atoms. The third kappa shape index (κ3) is 4.49. The summed E-state index contributed by atoms with van der Waals surface area (Å²) in [4.78, 5) is 13.7. The highest BCUT2D eigenvalue weighted by atomic mass is 16.2. The summed E-state index contributed by atoms with van der Waals surface area (Å²) in [6.45, 7) is 11.2. The molecule has 0 unspecified atom stereocenters. The molecule has 0 aromatic rings. The average Bonchev–Trinajstić information content (AvgIpc) is 2.13. The molecule has 4 nitrogen and oxygen atoms in total. The highest BCUT2D eigenvalue weighted by Gasteiger charge is 2.31. The van der Waals surface area contributed by atoms with Crippen molar-refractivity contribution in [3.05, 3.63) is 0 Å². The Hall–Kier alpha value is -0.610. The van der Waals surface area contributed by atoms with E-state index in [1.54, 1.807) is 11.9 Å². The van der Waals surface area contributed by atoms with Gasteiger partial charge in [0.05, 0.1) is 6.04 Å². The van der Waals surface area contributed by atoms with E-state index in [1.807, 2.05) is 34.6 Å². The van der Waals surface area contributed by atoms with E-state index in [-0.39, 0.29) is 16.7 Å². The lowest BCUT2D eigenvalue weighted by Gasteiger charge is -2.34. The van der Waals surface area contributed by atoms with Gasteiger partial charge in [0.2, 0.25) is 5.91 Å². The van der Waals surface area contributed by atoms with Gasteiger partial charge in [0.1, 0.15) is 0 Å². The normalized spacial score (nSPS) is 14.8. The summed E-state index contributed by atoms with van der Waals surface area (Å²) in [5, 5.41) is 0. The van der Waals surface area contributed by atoms with Gasteiger partial charge >= 0.3 is 0 Å². The SMILES string of the molecule is CN(CC(C)(C)CN)C(=O)[C@@H](N)C(C)(C)C. The minimum Gasteiger partial charge on any atom is -0.344 e. The Labute approximate surface area is 99.4 Å². The maximum Gasteiger partial charge on any atom is 0.239 e. The minimum atomic E-state index is -0.467. The van der Waals surface area contributed by atoms with Crippen LogP contribution in [0.4, 0.5) is 0 Å². The second-order valence-corrected chi connectivity index (χ2v) is 6.41. The van der Waals surface area contributed by atoms with Crippen molar-refractivity contribution in [3.8, 4) is 0 Å². The molecule has 0 aromatic heterocycles. The lowest BCUT2D eigenvalue weighted by molar-refractivity contribution is -0.134. The van der Waals surface area contributed by atoms with Gasteiger partial charge in [-0.2, -0.15) is 0 Å². The fourth-order valence-electron chi connectivity index (χ4n) is 1.39. The monoisotopic (exact) mass is 229 g/mol. The Kier molecular flexibility index (Phi) is 4.95. The molecule has 0 saturated carbocycles. The number of carbonyl (C=O) groups is 1. The third-order valence-electron chi connectivity index (χ3n) is 2.79. The largest absolute Gasteiger partial charge is 0.344 e. The van der Waals surface area contributed by atoms with Gasteiger partial charge in [-0.15, -0.1) is 0 Å². The Balaban J connectivity index is 4.52. The zero-order valence-corrected chi connectivity index (χ0v) is 11.5. The standard InChI is InChI=1S/C12H27N3O/c1-11(2,3)9(14)10(16)15(6)8-12(4,5)7-13/h9H,7-8,13-14H2,1-6H3/t9-/m1/s1.